The molecule has 108 valence electrons. The van der Waals surface area contributed by atoms with Crippen LogP contribution in [-0.2, 0) is 16.3 Å². The Labute approximate surface area is 117 Å². The van der Waals surface area contributed by atoms with E-state index in [1.54, 1.807) is 17.7 Å². The molecular weight excluding hydrogens is 278 g/mol. The highest BCUT2D eigenvalue weighted by molar-refractivity contribution is 7.92. The van der Waals surface area contributed by atoms with Crippen LogP contribution < -0.4 is 4.74 Å². The summed E-state index contributed by atoms with van der Waals surface area (Å²) < 4.78 is 30.9. The van der Waals surface area contributed by atoms with E-state index in [-0.39, 0.29) is 11.0 Å². The first kappa shape index (κ1) is 13.4. The summed E-state index contributed by atoms with van der Waals surface area (Å²) in [6, 6.07) is 5.46. The normalized spacial score (nSPS) is 21.9. The van der Waals surface area contributed by atoms with Crippen molar-refractivity contribution in [3.05, 3.63) is 24.0 Å². The van der Waals surface area contributed by atoms with E-state index in [1.807, 2.05) is 12.1 Å². The number of hydrogen-bond acceptors (Lipinski definition) is 5. The van der Waals surface area contributed by atoms with Gasteiger partial charge in [0.15, 0.2) is 21.3 Å². The molecule has 0 bridgehead atoms. The number of pyridine rings is 1. The average Bonchev–Trinajstić information content (AvgIpc) is 2.83. The standard InChI is InChI=1S/C13H17N3O3S/c1-19-13-7-4-6-12-14-11(15-16(12)13)9-10-5-2-3-8-20(10,17)18/h4,6-7,10H,2-3,5,8-9H2,1H3. The molecule has 0 radical (unpaired) electrons. The third-order valence-corrected chi connectivity index (χ3v) is 5.98. The number of methoxy groups -OCH3 is 1. The van der Waals surface area contributed by atoms with Crippen molar-refractivity contribution in [3.63, 3.8) is 0 Å². The van der Waals surface area contributed by atoms with Gasteiger partial charge in [-0.2, -0.15) is 4.52 Å². The lowest BCUT2D eigenvalue weighted by atomic mass is 10.1. The first-order valence-electron chi connectivity index (χ1n) is 6.70. The number of aromatic nitrogens is 3. The fourth-order valence-corrected chi connectivity index (χ4v) is 4.49. The van der Waals surface area contributed by atoms with Crippen molar-refractivity contribution in [2.24, 2.45) is 0 Å². The molecule has 0 saturated carbocycles. The quantitative estimate of drug-likeness (QED) is 0.852. The predicted octanol–water partition coefficient (Wildman–Crippen LogP) is 1.25. The third-order valence-electron chi connectivity index (χ3n) is 3.70. The summed E-state index contributed by atoms with van der Waals surface area (Å²) >= 11 is 0. The minimum atomic E-state index is -3.00. The Kier molecular flexibility index (Phi) is 3.37. The summed E-state index contributed by atoms with van der Waals surface area (Å²) in [6.07, 6.45) is 2.81. The Hall–Kier alpha value is -1.63. The maximum Gasteiger partial charge on any atom is 0.216 e. The summed E-state index contributed by atoms with van der Waals surface area (Å²) in [5.41, 5.74) is 0.674. The Morgan fingerprint density at radius 3 is 3.00 bits per heavy atom. The minimum Gasteiger partial charge on any atom is -0.481 e. The molecule has 1 aliphatic heterocycles. The maximum absolute atomic E-state index is 12.0. The van der Waals surface area contributed by atoms with E-state index in [2.05, 4.69) is 10.1 Å². The lowest BCUT2D eigenvalue weighted by molar-refractivity contribution is 0.385. The van der Waals surface area contributed by atoms with E-state index >= 15 is 0 Å². The first-order valence-corrected chi connectivity index (χ1v) is 8.42. The molecule has 1 atom stereocenters. The lowest BCUT2D eigenvalue weighted by Gasteiger charge is -2.20. The SMILES string of the molecule is COc1cccc2nc(CC3CCCCS3(=O)=O)nn12. The molecule has 6 nitrogen and oxygen atoms in total. The zero-order chi connectivity index (χ0) is 14.2. The number of nitrogens with zero attached hydrogens (tertiary/aromatic N) is 3. The predicted molar refractivity (Wildman–Crippen MR) is 74.7 cm³/mol. The van der Waals surface area contributed by atoms with E-state index in [0.29, 0.717) is 30.2 Å². The van der Waals surface area contributed by atoms with Crippen LogP contribution in [0.25, 0.3) is 5.65 Å². The molecule has 1 unspecified atom stereocenters. The summed E-state index contributed by atoms with van der Waals surface area (Å²) in [4.78, 5) is 4.39. The second-order valence-corrected chi connectivity index (χ2v) is 7.46. The number of ether oxygens (including phenoxy) is 1. The number of rotatable bonds is 3. The van der Waals surface area contributed by atoms with E-state index < -0.39 is 9.84 Å². The van der Waals surface area contributed by atoms with Gasteiger partial charge in [-0.1, -0.05) is 12.5 Å². The zero-order valence-corrected chi connectivity index (χ0v) is 12.1. The summed E-state index contributed by atoms with van der Waals surface area (Å²) in [5, 5.41) is 4.01. The summed E-state index contributed by atoms with van der Waals surface area (Å²) in [7, 11) is -1.42. The topological polar surface area (TPSA) is 73.6 Å². The smallest absolute Gasteiger partial charge is 0.216 e. The molecule has 0 aromatic carbocycles. The highest BCUT2D eigenvalue weighted by atomic mass is 32.2. The molecule has 7 heteroatoms. The average molecular weight is 295 g/mol. The molecular formula is C13H17N3O3S. The Balaban J connectivity index is 1.91. The van der Waals surface area contributed by atoms with Crippen LogP contribution in [0.2, 0.25) is 0 Å². The van der Waals surface area contributed by atoms with Gasteiger partial charge in [-0.25, -0.2) is 13.4 Å². The monoisotopic (exact) mass is 295 g/mol. The second kappa shape index (κ2) is 5.05. The van der Waals surface area contributed by atoms with Gasteiger partial charge >= 0.3 is 0 Å². The molecule has 3 heterocycles. The van der Waals surface area contributed by atoms with Crippen molar-refractivity contribution in [2.75, 3.05) is 12.9 Å². The van der Waals surface area contributed by atoms with Crippen LogP contribution in [0, 0.1) is 0 Å². The van der Waals surface area contributed by atoms with Gasteiger partial charge in [0.2, 0.25) is 5.88 Å². The second-order valence-electron chi connectivity index (χ2n) is 5.06. The van der Waals surface area contributed by atoms with Crippen LogP contribution >= 0.6 is 0 Å². The molecule has 0 amide bonds. The fraction of sp³-hybridized carbons (Fsp3) is 0.538. The van der Waals surface area contributed by atoms with Crippen molar-refractivity contribution >= 4 is 15.5 Å². The van der Waals surface area contributed by atoms with Gasteiger partial charge in [-0.15, -0.1) is 5.10 Å². The minimum absolute atomic E-state index is 0.286. The third kappa shape index (κ3) is 2.37. The van der Waals surface area contributed by atoms with Gasteiger partial charge in [-0.3, -0.25) is 0 Å². The van der Waals surface area contributed by atoms with Gasteiger partial charge in [0.25, 0.3) is 0 Å². The molecule has 0 spiro atoms. The van der Waals surface area contributed by atoms with Crippen LogP contribution in [0.1, 0.15) is 25.1 Å². The van der Waals surface area contributed by atoms with Crippen LogP contribution in [0.5, 0.6) is 5.88 Å². The van der Waals surface area contributed by atoms with Gasteiger partial charge in [0.05, 0.1) is 18.1 Å². The van der Waals surface area contributed by atoms with Crippen molar-refractivity contribution in [3.8, 4) is 5.88 Å². The van der Waals surface area contributed by atoms with Crippen molar-refractivity contribution in [1.82, 2.24) is 14.6 Å². The van der Waals surface area contributed by atoms with Crippen LogP contribution in [-0.4, -0.2) is 41.1 Å². The molecule has 0 aliphatic carbocycles. The van der Waals surface area contributed by atoms with E-state index in [0.717, 1.165) is 12.8 Å². The van der Waals surface area contributed by atoms with E-state index in [1.165, 1.54) is 0 Å². The fourth-order valence-electron chi connectivity index (χ4n) is 2.62. The Morgan fingerprint density at radius 1 is 1.40 bits per heavy atom. The lowest BCUT2D eigenvalue weighted by Crippen LogP contribution is -2.30. The summed E-state index contributed by atoms with van der Waals surface area (Å²) in [5.74, 6) is 1.44. The highest BCUT2D eigenvalue weighted by Gasteiger charge is 2.30. The molecule has 1 saturated heterocycles. The van der Waals surface area contributed by atoms with Crippen molar-refractivity contribution in [2.45, 2.75) is 30.9 Å². The molecule has 0 N–H and O–H groups in total. The molecule has 2 aromatic rings. The first-order chi connectivity index (χ1) is 9.60. The van der Waals surface area contributed by atoms with E-state index in [4.69, 9.17) is 4.74 Å². The Bertz CT molecular complexity index is 724. The molecule has 1 fully saturated rings. The van der Waals surface area contributed by atoms with Crippen LogP contribution in [0.4, 0.5) is 0 Å². The van der Waals surface area contributed by atoms with Gasteiger partial charge in [-0.05, 0) is 18.9 Å². The highest BCUT2D eigenvalue weighted by Crippen LogP contribution is 2.22. The molecule has 20 heavy (non-hydrogen) atoms. The summed E-state index contributed by atoms with van der Waals surface area (Å²) in [6.45, 7) is 0. The van der Waals surface area contributed by atoms with Crippen LogP contribution in [0.3, 0.4) is 0 Å². The van der Waals surface area contributed by atoms with Crippen molar-refractivity contribution < 1.29 is 13.2 Å². The van der Waals surface area contributed by atoms with Gasteiger partial charge < -0.3 is 4.74 Å². The molecule has 3 rings (SSSR count). The molecule has 1 aliphatic rings. The van der Waals surface area contributed by atoms with E-state index in [9.17, 15) is 8.42 Å². The zero-order valence-electron chi connectivity index (χ0n) is 11.3. The largest absolute Gasteiger partial charge is 0.481 e. The van der Waals surface area contributed by atoms with Crippen molar-refractivity contribution in [1.29, 1.82) is 0 Å². The maximum atomic E-state index is 12.0. The van der Waals surface area contributed by atoms with Crippen LogP contribution in [0.15, 0.2) is 18.2 Å². The number of hydrogen-bond donors (Lipinski definition) is 0. The number of fused-ring (bicyclic) bond motifs is 1. The van der Waals surface area contributed by atoms with Gasteiger partial charge in [0, 0.05) is 12.5 Å². The van der Waals surface area contributed by atoms with Gasteiger partial charge in [0.1, 0.15) is 0 Å². The Morgan fingerprint density at radius 2 is 2.25 bits per heavy atom. The molecule has 2 aromatic heterocycles. The number of sulfone groups is 1.